The number of likely N-dealkylation sites (tertiary alicyclic amines) is 1. The number of halogens is 5. The number of hydrazine groups is 1. The summed E-state index contributed by atoms with van der Waals surface area (Å²) in [6, 6.07) is 8.31. The van der Waals surface area contributed by atoms with Crippen molar-refractivity contribution in [3.63, 3.8) is 0 Å². The van der Waals surface area contributed by atoms with Crippen LogP contribution < -0.4 is 26.2 Å². The molecule has 3 heterocycles. The van der Waals surface area contributed by atoms with Crippen molar-refractivity contribution in [1.29, 1.82) is 0 Å². The molecule has 2 aliphatic rings. The number of benzene rings is 2. The summed E-state index contributed by atoms with van der Waals surface area (Å²) in [6.45, 7) is 4.07. The first-order chi connectivity index (χ1) is 19.6. The molecule has 0 bridgehead atoms. The van der Waals surface area contributed by atoms with Crippen molar-refractivity contribution in [3.05, 3.63) is 71.3 Å². The zero-order chi connectivity index (χ0) is 29.3. The summed E-state index contributed by atoms with van der Waals surface area (Å²) in [7, 11) is 0. The summed E-state index contributed by atoms with van der Waals surface area (Å²) >= 11 is 0. The largest absolute Gasteiger partial charge is 0.477 e. The lowest BCUT2D eigenvalue weighted by atomic mass is 9.94. The molecule has 0 radical (unpaired) electrons. The second kappa shape index (κ2) is 11.6. The third-order valence-electron chi connectivity index (χ3n) is 7.40. The Kier molecular flexibility index (Phi) is 8.16. The van der Waals surface area contributed by atoms with E-state index in [0.29, 0.717) is 35.1 Å². The Labute approximate surface area is 233 Å². The number of nitrogens with one attached hydrogen (secondary N) is 4. The summed E-state index contributed by atoms with van der Waals surface area (Å²) in [4.78, 5) is 15.0. The minimum Gasteiger partial charge on any atom is -0.477 e. The lowest BCUT2D eigenvalue weighted by Crippen LogP contribution is -2.52. The number of aromatic nitrogens is 2. The quantitative estimate of drug-likeness (QED) is 0.318. The topological polar surface area (TPSA) is 95.5 Å². The maximum atomic E-state index is 14.2. The normalized spacial score (nSPS) is 23.1. The van der Waals surface area contributed by atoms with Crippen LogP contribution in [0.1, 0.15) is 24.0 Å². The maximum Gasteiger partial charge on any atom is 0.406 e. The van der Waals surface area contributed by atoms with Gasteiger partial charge in [0.05, 0.1) is 23.9 Å². The molecule has 2 amide bonds. The molecule has 4 atom stereocenters. The van der Waals surface area contributed by atoms with E-state index in [9.17, 15) is 26.7 Å². The molecule has 2 unspecified atom stereocenters. The van der Waals surface area contributed by atoms with Crippen LogP contribution in [0.15, 0.2) is 48.5 Å². The summed E-state index contributed by atoms with van der Waals surface area (Å²) in [5.74, 6) is -2.05. The Morgan fingerprint density at radius 3 is 2.56 bits per heavy atom. The number of carbonyl (C=O) groups is 1. The molecule has 1 aromatic heterocycles. The molecule has 41 heavy (non-hydrogen) atoms. The Hall–Kier alpha value is -3.75. The summed E-state index contributed by atoms with van der Waals surface area (Å²) < 4.78 is 76.0. The van der Waals surface area contributed by atoms with Crippen LogP contribution in [0.4, 0.5) is 32.6 Å². The smallest absolute Gasteiger partial charge is 0.406 e. The predicted molar refractivity (Wildman–Crippen MR) is 141 cm³/mol. The van der Waals surface area contributed by atoms with Gasteiger partial charge in [-0.05, 0) is 43.7 Å². The third kappa shape index (κ3) is 5.99. The van der Waals surface area contributed by atoms with E-state index in [1.54, 1.807) is 24.0 Å². The average Bonchev–Trinajstić information content (AvgIpc) is 3.65. The first kappa shape index (κ1) is 28.8. The van der Waals surface area contributed by atoms with Gasteiger partial charge in [0.1, 0.15) is 11.9 Å². The van der Waals surface area contributed by atoms with Gasteiger partial charge in [-0.25, -0.2) is 23.7 Å². The number of ether oxygens (including phenoxy) is 1. The number of anilines is 1. The highest BCUT2D eigenvalue weighted by Crippen LogP contribution is 2.35. The molecular weight excluding hydrogens is 549 g/mol. The second-order valence-electron chi connectivity index (χ2n) is 10.0. The Morgan fingerprint density at radius 1 is 1.12 bits per heavy atom. The molecule has 4 N–H and O–H groups in total. The van der Waals surface area contributed by atoms with Crippen LogP contribution in [0.5, 0.6) is 5.88 Å². The molecule has 0 saturated carbocycles. The van der Waals surface area contributed by atoms with Gasteiger partial charge in [0.15, 0.2) is 11.6 Å². The molecule has 3 aromatic rings. The minimum absolute atomic E-state index is 0.0171. The number of nitrogens with zero attached hydrogens (tertiary/aromatic N) is 3. The Morgan fingerprint density at radius 2 is 1.88 bits per heavy atom. The van der Waals surface area contributed by atoms with E-state index in [-0.39, 0.29) is 19.6 Å². The van der Waals surface area contributed by atoms with Crippen LogP contribution >= 0.6 is 0 Å². The van der Waals surface area contributed by atoms with Crippen molar-refractivity contribution in [2.45, 2.75) is 44.1 Å². The van der Waals surface area contributed by atoms with E-state index in [4.69, 9.17) is 4.74 Å². The molecule has 220 valence electrons. The minimum atomic E-state index is -4.51. The first-order valence-electron chi connectivity index (χ1n) is 13.2. The van der Waals surface area contributed by atoms with Crippen LogP contribution in [0.2, 0.25) is 0 Å². The monoisotopic (exact) mass is 579 g/mol. The van der Waals surface area contributed by atoms with Crippen LogP contribution in [0.3, 0.4) is 0 Å². The van der Waals surface area contributed by atoms with Gasteiger partial charge >= 0.3 is 12.2 Å². The number of hydrogen-bond donors (Lipinski definition) is 4. The highest BCUT2D eigenvalue weighted by molar-refractivity contribution is 5.90. The first-order valence-corrected chi connectivity index (χ1v) is 13.2. The number of carbonyl (C=O) groups excluding carboxylic acids is 1. The maximum absolute atomic E-state index is 14.2. The van der Waals surface area contributed by atoms with E-state index in [2.05, 4.69) is 26.6 Å². The molecule has 2 fully saturated rings. The van der Waals surface area contributed by atoms with Gasteiger partial charge in [0.25, 0.3) is 0 Å². The van der Waals surface area contributed by atoms with Gasteiger partial charge in [-0.2, -0.15) is 13.2 Å². The van der Waals surface area contributed by atoms with E-state index in [1.807, 2.05) is 25.1 Å². The van der Waals surface area contributed by atoms with Gasteiger partial charge in [-0.15, -0.1) is 5.10 Å². The van der Waals surface area contributed by atoms with Crippen LogP contribution in [0, 0.1) is 18.6 Å². The van der Waals surface area contributed by atoms with E-state index < -0.39 is 47.9 Å². The van der Waals surface area contributed by atoms with Crippen LogP contribution in [0.25, 0.3) is 5.69 Å². The van der Waals surface area contributed by atoms with Crippen molar-refractivity contribution >= 4 is 11.8 Å². The fourth-order valence-electron chi connectivity index (χ4n) is 5.42. The van der Waals surface area contributed by atoms with E-state index >= 15 is 0 Å². The number of rotatable bonds is 7. The lowest BCUT2D eigenvalue weighted by Gasteiger charge is -2.29. The second-order valence-corrected chi connectivity index (χ2v) is 10.0. The zero-order valence-corrected chi connectivity index (χ0v) is 22.3. The Balaban J connectivity index is 1.41. The predicted octanol–water partition coefficient (Wildman–Crippen LogP) is 3.85. The molecular formula is C27H30F5N7O2. The van der Waals surface area contributed by atoms with Gasteiger partial charge in [0, 0.05) is 31.6 Å². The summed E-state index contributed by atoms with van der Waals surface area (Å²) in [5.41, 5.74) is 6.45. The molecule has 2 saturated heterocycles. The zero-order valence-electron chi connectivity index (χ0n) is 22.3. The summed E-state index contributed by atoms with van der Waals surface area (Å²) in [6.07, 6.45) is -4.51. The standard InChI is InChI=1S/C27H30F5N7O2/c1-3-41-25-15(2)24(39(37-25)17-7-5-4-6-8-17)35-26(40)34-21-14-38(22-12-33-36-23(22)27(30,31)32)13-18(21)16-9-10-19(28)20(29)11-16/h4-11,18,21-23,33,36H,3,12-14H2,1-2H3,(H2,34,35,40)/t18-,21+,22?,23?/m0/s1. The molecule has 0 aliphatic carbocycles. The van der Waals surface area contributed by atoms with Crippen molar-refractivity contribution < 1.29 is 31.5 Å². The number of para-hydroxylation sites is 1. The molecule has 2 aliphatic heterocycles. The fourth-order valence-corrected chi connectivity index (χ4v) is 5.42. The SMILES string of the molecule is CCOc1nn(-c2ccccc2)c(NC(=O)N[C@@H]2CN(C3CNNC3C(F)(F)F)C[C@H]2c2ccc(F)c(F)c2)c1C. The Bertz CT molecular complexity index is 1380. The number of alkyl halides is 3. The average molecular weight is 580 g/mol. The molecule has 5 rings (SSSR count). The number of hydrogen-bond acceptors (Lipinski definition) is 6. The van der Waals surface area contributed by atoms with E-state index in [0.717, 1.165) is 12.1 Å². The van der Waals surface area contributed by atoms with Gasteiger partial charge in [0.2, 0.25) is 5.88 Å². The molecule has 14 heteroatoms. The highest BCUT2D eigenvalue weighted by Gasteiger charge is 2.51. The number of amides is 2. The molecule has 2 aromatic carbocycles. The van der Waals surface area contributed by atoms with E-state index in [1.165, 1.54) is 10.7 Å². The fraction of sp³-hybridized carbons (Fsp3) is 0.407. The van der Waals surface area contributed by atoms with Crippen molar-refractivity contribution in [3.8, 4) is 11.6 Å². The summed E-state index contributed by atoms with van der Waals surface area (Å²) in [5, 5.41) is 10.1. The highest BCUT2D eigenvalue weighted by atomic mass is 19.4. The number of urea groups is 1. The van der Waals surface area contributed by atoms with Crippen LogP contribution in [-0.2, 0) is 0 Å². The van der Waals surface area contributed by atoms with Crippen molar-refractivity contribution in [1.82, 2.24) is 30.8 Å². The van der Waals surface area contributed by atoms with Gasteiger partial charge < -0.3 is 10.1 Å². The van der Waals surface area contributed by atoms with Crippen molar-refractivity contribution in [2.24, 2.45) is 0 Å². The van der Waals surface area contributed by atoms with Crippen molar-refractivity contribution in [2.75, 3.05) is 31.6 Å². The van der Waals surface area contributed by atoms with Gasteiger partial charge in [-0.1, -0.05) is 24.3 Å². The van der Waals surface area contributed by atoms with Crippen LogP contribution in [-0.4, -0.2) is 71.3 Å². The third-order valence-corrected chi connectivity index (χ3v) is 7.40. The van der Waals surface area contributed by atoms with Gasteiger partial charge in [-0.3, -0.25) is 15.6 Å². The lowest BCUT2D eigenvalue weighted by molar-refractivity contribution is -0.163. The molecule has 0 spiro atoms. The molecule has 9 nitrogen and oxygen atoms in total.